The van der Waals surface area contributed by atoms with Crippen LogP contribution in [0, 0.1) is 0 Å². The van der Waals surface area contributed by atoms with Crippen molar-refractivity contribution in [3.63, 3.8) is 0 Å². The van der Waals surface area contributed by atoms with Gasteiger partial charge in [-0.1, -0.05) is 130 Å². The van der Waals surface area contributed by atoms with Gasteiger partial charge >= 0.3 is 11.9 Å². The van der Waals surface area contributed by atoms with E-state index in [1.165, 1.54) is 37.5 Å². The largest absolute Gasteiger partial charge is 0.462 e. The highest BCUT2D eigenvalue weighted by atomic mass is 16.5. The zero-order valence-corrected chi connectivity index (χ0v) is 67.1. The van der Waals surface area contributed by atoms with E-state index in [0.717, 1.165) is 72.0 Å². The summed E-state index contributed by atoms with van der Waals surface area (Å²) in [5, 5.41) is 24.5. The predicted molar refractivity (Wildman–Crippen MR) is 467 cm³/mol. The van der Waals surface area contributed by atoms with Crippen molar-refractivity contribution >= 4 is 200 Å². The molecule has 3 aliphatic rings. The van der Waals surface area contributed by atoms with Crippen molar-refractivity contribution in [2.24, 2.45) is 0 Å². The van der Waals surface area contributed by atoms with E-state index in [-0.39, 0.29) is 114 Å². The van der Waals surface area contributed by atoms with Crippen molar-refractivity contribution in [2.45, 2.75) is 80.1 Å². The molecule has 1 N–H and O–H groups in total. The maximum atomic E-state index is 14.9. The fraction of sp³-hybridized carbons (Fsp3) is 0.176. The molecular formula is C102H73N3O17. The Morgan fingerprint density at radius 3 is 0.934 bits per heavy atom. The number of ketones is 4. The Bertz CT molecular complexity index is 7440. The number of nitrogens with zero attached hydrogens (tertiary/aromatic N) is 3. The van der Waals surface area contributed by atoms with Crippen LogP contribution in [0.15, 0.2) is 182 Å². The van der Waals surface area contributed by atoms with E-state index in [2.05, 4.69) is 0 Å². The van der Waals surface area contributed by atoms with Crippen LogP contribution in [0.1, 0.15) is 203 Å². The van der Waals surface area contributed by atoms with Gasteiger partial charge in [0, 0.05) is 117 Å². The lowest BCUT2D eigenvalue weighted by Crippen LogP contribution is -2.42. The quantitative estimate of drug-likeness (QED) is 0.0147. The van der Waals surface area contributed by atoms with Crippen molar-refractivity contribution in [1.29, 1.82) is 0 Å². The molecule has 0 bridgehead atoms. The first-order valence-corrected chi connectivity index (χ1v) is 40.9. The summed E-state index contributed by atoms with van der Waals surface area (Å²) in [5.41, 5.74) is 4.88. The van der Waals surface area contributed by atoms with Gasteiger partial charge in [0.05, 0.1) is 43.1 Å². The van der Waals surface area contributed by atoms with Crippen LogP contribution in [0.3, 0.4) is 0 Å². The number of carbonyl (C=O) groups excluding carboxylic acids is 12. The minimum Gasteiger partial charge on any atom is -0.462 e. The van der Waals surface area contributed by atoms with Crippen molar-refractivity contribution < 1.29 is 81.6 Å². The normalized spacial score (nSPS) is 13.5. The summed E-state index contributed by atoms with van der Waals surface area (Å²) in [7, 11) is 0. The molecule has 0 spiro atoms. The third-order valence-electron chi connectivity index (χ3n) is 25.0. The predicted octanol–water partition coefficient (Wildman–Crippen LogP) is 20.4. The van der Waals surface area contributed by atoms with Crippen molar-refractivity contribution in [2.75, 3.05) is 39.5 Å². The summed E-state index contributed by atoms with van der Waals surface area (Å²) < 4.78 is 25.4. The molecule has 122 heavy (non-hydrogen) atoms. The Kier molecular flexibility index (Phi) is 17.9. The lowest BCUT2D eigenvalue weighted by atomic mass is 9.81. The van der Waals surface area contributed by atoms with Gasteiger partial charge in [-0.25, -0.2) is 9.59 Å². The van der Waals surface area contributed by atoms with Crippen molar-refractivity contribution in [1.82, 2.24) is 14.7 Å². The summed E-state index contributed by atoms with van der Waals surface area (Å²) in [6.45, 7) is 9.38. The van der Waals surface area contributed by atoms with Gasteiger partial charge in [0.25, 0.3) is 35.4 Å². The Labute approximate surface area is 694 Å². The molecular weight excluding hydrogens is 1540 g/mol. The van der Waals surface area contributed by atoms with E-state index in [4.69, 9.17) is 18.9 Å². The number of aliphatic hydroxyl groups excluding tert-OH is 1. The zero-order valence-electron chi connectivity index (χ0n) is 67.1. The minimum atomic E-state index is -0.685. The maximum absolute atomic E-state index is 14.9. The van der Waals surface area contributed by atoms with Crippen LogP contribution in [-0.4, -0.2) is 130 Å². The van der Waals surface area contributed by atoms with Crippen LogP contribution in [0.25, 0.3) is 129 Å². The highest BCUT2D eigenvalue weighted by Crippen LogP contribution is 2.54. The first kappa shape index (κ1) is 76.0. The molecule has 20 rings (SSSR count). The lowest BCUT2D eigenvalue weighted by molar-refractivity contribution is 0.0497. The molecule has 0 atom stereocenters. The molecule has 0 unspecified atom stereocenters. The smallest absolute Gasteiger partial charge is 0.338 e. The van der Waals surface area contributed by atoms with Gasteiger partial charge in [0.1, 0.15) is 23.0 Å². The van der Waals surface area contributed by atoms with Crippen molar-refractivity contribution in [3.8, 4) is 23.0 Å². The number of benzene rings is 17. The molecule has 0 aliphatic carbocycles. The van der Waals surface area contributed by atoms with Gasteiger partial charge in [-0.15, -0.1) is 0 Å². The summed E-state index contributed by atoms with van der Waals surface area (Å²) in [6.07, 6.45) is 3.44. The van der Waals surface area contributed by atoms with E-state index in [9.17, 15) is 62.6 Å². The summed E-state index contributed by atoms with van der Waals surface area (Å²) >= 11 is 0. The van der Waals surface area contributed by atoms with Crippen LogP contribution >= 0.6 is 0 Å². The molecule has 0 fully saturated rings. The fourth-order valence-electron chi connectivity index (χ4n) is 19.3. The average molecular weight is 1610 g/mol. The second-order valence-electron chi connectivity index (χ2n) is 31.9. The highest BCUT2D eigenvalue weighted by molar-refractivity contribution is 6.45. The molecule has 0 radical (unpaired) electrons. The standard InChI is InChI=1S/C102H73N3O17/c1-7-9-45-119-101(117)75-37-28-66-64-26-34-72-88-73(35-27-65(85(64)88)67-29-38-76(90(75)86(66)67)102(118)120-46-10-8-2)98(114)104(97(72)113)42-40-54-13-17-56(18-14-54)122-80-48-78-89-74(99(115)105(43-44-106)100(78)116)36-31-69-91-79(47-77(52(6)110)82-59(51(5)109)21-30-68(93(82)91)92(80)94(69)89)121-55-15-11-53(12-16-55)39-41-103-95(111)70-32-24-62-60-22-19-57(49(3)107)81-58(50(4)108)20-23-61(83(60)81)63-25-33-71(96(103)112)87(70)84(62)63/h11-38,47-48,106H,7-10,39-46H2,1-6H3. The molecule has 0 aromatic heterocycles. The van der Waals surface area contributed by atoms with Crippen molar-refractivity contribution in [3.05, 3.63) is 260 Å². The Morgan fingerprint density at radius 1 is 0.287 bits per heavy atom. The summed E-state index contributed by atoms with van der Waals surface area (Å²) in [6, 6.07) is 52.6. The van der Waals surface area contributed by atoms with Crippen LogP contribution in [0.4, 0.5) is 0 Å². The molecule has 598 valence electrons. The number of unbranched alkanes of at least 4 members (excludes halogenated alkanes) is 2. The summed E-state index contributed by atoms with van der Waals surface area (Å²) in [4.78, 5) is 174. The SMILES string of the molecule is CCCCOC(=O)c1ccc2c3ccc4c5c(ccc(c6ccc(C(=O)OCCCC)c1c26)c53)C(=O)N(CCc1ccc(Oc2cc3c5c(ccc6c7c(Oc8ccc(CCN9C(=O)c%10ccc%11c%12ccc(C(C)=O)c%13c(C(C)=O)ccc(c%14ccc(c%10c%11%14)C9=O)c%13%12)cc8)cc(C(C)=O)c8c(C(C)=O)ccc(c2c56)c87)C(=O)N(CCO)C3=O)cc1)C4=O. The van der Waals surface area contributed by atoms with E-state index in [1.807, 2.05) is 74.5 Å². The maximum Gasteiger partial charge on any atom is 0.338 e. The third kappa shape index (κ3) is 11.3. The minimum absolute atomic E-state index is 0.00361. The monoisotopic (exact) mass is 1610 g/mol. The van der Waals surface area contributed by atoms with Crippen LogP contribution in [0.2, 0.25) is 0 Å². The van der Waals surface area contributed by atoms with Gasteiger partial charge in [-0.2, -0.15) is 0 Å². The molecule has 6 amide bonds. The van der Waals surface area contributed by atoms with Gasteiger partial charge in [-0.3, -0.25) is 62.6 Å². The molecule has 3 heterocycles. The third-order valence-corrected chi connectivity index (χ3v) is 25.0. The number of imide groups is 3. The van der Waals surface area contributed by atoms with E-state index in [1.54, 1.807) is 121 Å². The van der Waals surface area contributed by atoms with E-state index >= 15 is 0 Å². The first-order valence-electron chi connectivity index (χ1n) is 40.9. The fourth-order valence-corrected chi connectivity index (χ4v) is 19.3. The second-order valence-corrected chi connectivity index (χ2v) is 31.9. The first-order chi connectivity index (χ1) is 59.1. The average Bonchev–Trinajstić information content (AvgIpc) is 0.652. The number of carbonyl (C=O) groups is 12. The van der Waals surface area contributed by atoms with Gasteiger partial charge in [-0.05, 0) is 219 Å². The molecule has 20 heteroatoms. The summed E-state index contributed by atoms with van der Waals surface area (Å²) in [5.74, 6) is -4.42. The number of Topliss-reactive ketones (excluding diaryl/α,β-unsaturated/α-hetero) is 4. The number of esters is 2. The number of aliphatic hydroxyl groups is 1. The Balaban J connectivity index is 0.613. The highest BCUT2D eigenvalue weighted by Gasteiger charge is 2.40. The van der Waals surface area contributed by atoms with E-state index < -0.39 is 54.0 Å². The lowest BCUT2D eigenvalue weighted by Gasteiger charge is -2.29. The van der Waals surface area contributed by atoms with Gasteiger partial charge in [0.15, 0.2) is 23.1 Å². The van der Waals surface area contributed by atoms with Crippen LogP contribution in [-0.2, 0) is 22.3 Å². The number of ether oxygens (including phenoxy) is 4. The Hall–Kier alpha value is -14.8. The molecule has 17 aromatic rings. The number of rotatable bonds is 24. The Morgan fingerprint density at radius 2 is 0.574 bits per heavy atom. The van der Waals surface area contributed by atoms with E-state index in [0.29, 0.717) is 144 Å². The number of amides is 6. The molecule has 0 saturated heterocycles. The molecule has 17 aromatic carbocycles. The molecule has 20 nitrogen and oxygen atoms in total. The van der Waals surface area contributed by atoms with Crippen LogP contribution < -0.4 is 9.47 Å². The van der Waals surface area contributed by atoms with Crippen LogP contribution in [0.5, 0.6) is 23.0 Å². The number of hydrogen-bond donors (Lipinski definition) is 1. The topological polar surface area (TPSA) is 272 Å². The molecule has 0 saturated carbocycles. The zero-order chi connectivity index (χ0) is 84.4. The number of fused-ring (bicyclic) bond motifs is 6. The van der Waals surface area contributed by atoms with Gasteiger partial charge < -0.3 is 24.1 Å². The molecule has 3 aliphatic heterocycles. The number of β-amino-alcohol motifs (C(OH)–C–C–N with tert-alkyl or cyclic N) is 1. The number of hydrogen-bond acceptors (Lipinski definition) is 17. The van der Waals surface area contributed by atoms with Gasteiger partial charge in [0.2, 0.25) is 0 Å². The second kappa shape index (κ2) is 28.8.